The molecule has 4 heteroatoms. The predicted molar refractivity (Wildman–Crippen MR) is 65.2 cm³/mol. The summed E-state index contributed by atoms with van der Waals surface area (Å²) < 4.78 is 18.3. The maximum absolute atomic E-state index is 12.9. The summed E-state index contributed by atoms with van der Waals surface area (Å²) in [7, 11) is 0. The Morgan fingerprint density at radius 3 is 2.41 bits per heavy atom. The molecule has 2 rings (SSSR count). The molecule has 1 aromatic heterocycles. The summed E-state index contributed by atoms with van der Waals surface area (Å²) in [6, 6.07) is 8.00. The maximum atomic E-state index is 12.9. The van der Waals surface area contributed by atoms with E-state index in [9.17, 15) is 4.39 Å². The molecule has 17 heavy (non-hydrogen) atoms. The Labute approximate surface area is 104 Å². The topological polar surface area (TPSA) is 22.1 Å². The van der Waals surface area contributed by atoms with Crippen LogP contribution in [0.25, 0.3) is 0 Å². The minimum absolute atomic E-state index is 0.228. The maximum Gasteiger partial charge on any atom is 0.221 e. The van der Waals surface area contributed by atoms with Crippen LogP contribution in [0.15, 0.2) is 30.3 Å². The SMILES string of the molecule is Cc1cc(Oc2cccc(F)n2)cc(C)c1Cl. The molecule has 0 aliphatic carbocycles. The summed E-state index contributed by atoms with van der Waals surface area (Å²) in [4.78, 5) is 3.63. The standard InChI is InChI=1S/C13H11ClFNO/c1-8-6-10(7-9(2)13(8)14)17-12-5-3-4-11(15)16-12/h3-7H,1-2H3. The molecule has 2 aromatic rings. The Balaban J connectivity index is 2.31. The number of nitrogens with zero attached hydrogens (tertiary/aromatic N) is 1. The number of hydrogen-bond acceptors (Lipinski definition) is 2. The highest BCUT2D eigenvalue weighted by molar-refractivity contribution is 6.32. The van der Waals surface area contributed by atoms with Gasteiger partial charge in [-0.3, -0.25) is 0 Å². The van der Waals surface area contributed by atoms with Gasteiger partial charge in [0.1, 0.15) is 5.75 Å². The van der Waals surface area contributed by atoms with Gasteiger partial charge in [0.05, 0.1) is 0 Å². The second-order valence-corrected chi connectivity index (χ2v) is 4.15. The van der Waals surface area contributed by atoms with E-state index in [1.807, 2.05) is 13.8 Å². The van der Waals surface area contributed by atoms with Crippen LogP contribution in [0.2, 0.25) is 5.02 Å². The number of ether oxygens (including phenoxy) is 1. The first-order valence-corrected chi connectivity index (χ1v) is 5.51. The van der Waals surface area contributed by atoms with Crippen LogP contribution in [0.4, 0.5) is 4.39 Å². The molecule has 0 bridgehead atoms. The van der Waals surface area contributed by atoms with Crippen molar-refractivity contribution in [3.05, 3.63) is 52.4 Å². The van der Waals surface area contributed by atoms with Gasteiger partial charge in [-0.25, -0.2) is 0 Å². The summed E-state index contributed by atoms with van der Waals surface area (Å²) >= 11 is 6.05. The zero-order valence-electron chi connectivity index (χ0n) is 9.50. The molecule has 0 aliphatic heterocycles. The van der Waals surface area contributed by atoms with Gasteiger partial charge in [0, 0.05) is 11.1 Å². The van der Waals surface area contributed by atoms with Gasteiger partial charge in [0.25, 0.3) is 0 Å². The van der Waals surface area contributed by atoms with E-state index >= 15 is 0 Å². The molecule has 0 radical (unpaired) electrons. The van der Waals surface area contributed by atoms with Crippen LogP contribution in [0.3, 0.4) is 0 Å². The molecule has 0 fully saturated rings. The second kappa shape index (κ2) is 4.72. The van der Waals surface area contributed by atoms with Gasteiger partial charge in [-0.05, 0) is 43.2 Å². The van der Waals surface area contributed by atoms with Crippen molar-refractivity contribution in [3.63, 3.8) is 0 Å². The lowest BCUT2D eigenvalue weighted by atomic mass is 10.1. The zero-order valence-corrected chi connectivity index (χ0v) is 10.3. The van der Waals surface area contributed by atoms with Crippen molar-refractivity contribution < 1.29 is 9.13 Å². The van der Waals surface area contributed by atoms with Crippen molar-refractivity contribution >= 4 is 11.6 Å². The first kappa shape index (κ1) is 11.9. The summed E-state index contributed by atoms with van der Waals surface area (Å²) in [5.74, 6) is 0.263. The smallest absolute Gasteiger partial charge is 0.221 e. The molecule has 0 saturated carbocycles. The Morgan fingerprint density at radius 1 is 1.18 bits per heavy atom. The van der Waals surface area contributed by atoms with E-state index in [1.54, 1.807) is 24.3 Å². The van der Waals surface area contributed by atoms with E-state index in [0.29, 0.717) is 10.8 Å². The molecule has 88 valence electrons. The molecule has 1 aromatic carbocycles. The first-order valence-electron chi connectivity index (χ1n) is 5.13. The van der Waals surface area contributed by atoms with Crippen LogP contribution >= 0.6 is 11.6 Å². The number of pyridine rings is 1. The third-order valence-electron chi connectivity index (χ3n) is 2.32. The Kier molecular flexibility index (Phi) is 3.29. The van der Waals surface area contributed by atoms with Crippen LogP contribution in [0, 0.1) is 19.8 Å². The molecule has 0 unspecified atom stereocenters. The summed E-state index contributed by atoms with van der Waals surface area (Å²) in [5.41, 5.74) is 1.83. The van der Waals surface area contributed by atoms with Crippen molar-refractivity contribution in [1.29, 1.82) is 0 Å². The van der Waals surface area contributed by atoms with Crippen molar-refractivity contribution in [2.45, 2.75) is 13.8 Å². The van der Waals surface area contributed by atoms with Crippen molar-refractivity contribution in [2.24, 2.45) is 0 Å². The van der Waals surface area contributed by atoms with Crippen molar-refractivity contribution in [1.82, 2.24) is 4.98 Å². The highest BCUT2D eigenvalue weighted by Gasteiger charge is 2.05. The monoisotopic (exact) mass is 251 g/mol. The average molecular weight is 252 g/mol. The van der Waals surface area contributed by atoms with E-state index in [4.69, 9.17) is 16.3 Å². The van der Waals surface area contributed by atoms with Gasteiger partial charge < -0.3 is 4.74 Å². The van der Waals surface area contributed by atoms with E-state index in [0.717, 1.165) is 11.1 Å². The number of hydrogen-bond donors (Lipinski definition) is 0. The van der Waals surface area contributed by atoms with Crippen LogP contribution in [0.1, 0.15) is 11.1 Å². The third-order valence-corrected chi connectivity index (χ3v) is 2.92. The van der Waals surface area contributed by atoms with Crippen molar-refractivity contribution in [2.75, 3.05) is 0 Å². The van der Waals surface area contributed by atoms with Gasteiger partial charge in [-0.2, -0.15) is 9.37 Å². The summed E-state index contributed by atoms with van der Waals surface area (Å²) in [6.45, 7) is 3.78. The summed E-state index contributed by atoms with van der Waals surface area (Å²) in [5, 5.41) is 0.713. The highest BCUT2D eigenvalue weighted by atomic mass is 35.5. The van der Waals surface area contributed by atoms with Gasteiger partial charge in [-0.1, -0.05) is 17.7 Å². The lowest BCUT2D eigenvalue weighted by Gasteiger charge is -2.08. The van der Waals surface area contributed by atoms with Crippen LogP contribution in [-0.2, 0) is 0 Å². The van der Waals surface area contributed by atoms with Gasteiger partial charge in [0.2, 0.25) is 11.8 Å². The number of aromatic nitrogens is 1. The molecule has 0 aliphatic rings. The minimum atomic E-state index is -0.565. The predicted octanol–water partition coefficient (Wildman–Crippen LogP) is 4.28. The normalized spacial score (nSPS) is 10.4. The number of aryl methyl sites for hydroxylation is 2. The largest absolute Gasteiger partial charge is 0.439 e. The Morgan fingerprint density at radius 2 is 1.82 bits per heavy atom. The average Bonchev–Trinajstić information content (AvgIpc) is 2.26. The lowest BCUT2D eigenvalue weighted by Crippen LogP contribution is -1.91. The molecule has 0 N–H and O–H groups in total. The minimum Gasteiger partial charge on any atom is -0.439 e. The Bertz CT molecular complexity index is 534. The van der Waals surface area contributed by atoms with Crippen LogP contribution < -0.4 is 4.74 Å². The van der Waals surface area contributed by atoms with Gasteiger partial charge in [0.15, 0.2) is 0 Å². The van der Waals surface area contributed by atoms with Gasteiger partial charge >= 0.3 is 0 Å². The fraction of sp³-hybridized carbons (Fsp3) is 0.154. The quantitative estimate of drug-likeness (QED) is 0.743. The molecule has 0 atom stereocenters. The molecular weight excluding hydrogens is 241 g/mol. The number of benzene rings is 1. The molecule has 1 heterocycles. The number of rotatable bonds is 2. The zero-order chi connectivity index (χ0) is 12.4. The molecule has 0 spiro atoms. The van der Waals surface area contributed by atoms with Crippen LogP contribution in [0.5, 0.6) is 11.6 Å². The molecular formula is C13H11ClFNO. The van der Waals surface area contributed by atoms with Crippen molar-refractivity contribution in [3.8, 4) is 11.6 Å². The van der Waals surface area contributed by atoms with Gasteiger partial charge in [-0.15, -0.1) is 0 Å². The summed E-state index contributed by atoms with van der Waals surface area (Å²) in [6.07, 6.45) is 0. The van der Waals surface area contributed by atoms with E-state index in [2.05, 4.69) is 4.98 Å². The third kappa shape index (κ3) is 2.74. The molecule has 0 saturated heterocycles. The lowest BCUT2D eigenvalue weighted by molar-refractivity contribution is 0.445. The highest BCUT2D eigenvalue weighted by Crippen LogP contribution is 2.28. The second-order valence-electron chi connectivity index (χ2n) is 3.77. The number of halogens is 2. The van der Waals surface area contributed by atoms with E-state index in [1.165, 1.54) is 6.07 Å². The molecule has 0 amide bonds. The Hall–Kier alpha value is -1.61. The van der Waals surface area contributed by atoms with Crippen LogP contribution in [-0.4, -0.2) is 4.98 Å². The van der Waals surface area contributed by atoms with E-state index < -0.39 is 5.95 Å². The fourth-order valence-corrected chi connectivity index (χ4v) is 1.64. The first-order chi connectivity index (χ1) is 8.06. The molecule has 2 nitrogen and oxygen atoms in total. The fourth-order valence-electron chi connectivity index (χ4n) is 1.53. The van der Waals surface area contributed by atoms with E-state index in [-0.39, 0.29) is 5.88 Å².